The van der Waals surface area contributed by atoms with E-state index in [0.717, 1.165) is 0 Å². The molecule has 1 aliphatic carbocycles. The van der Waals surface area contributed by atoms with Gasteiger partial charge in [-0.15, -0.1) is 0 Å². The van der Waals surface area contributed by atoms with Crippen molar-refractivity contribution in [2.45, 2.75) is 64.5 Å². The number of amides is 7. The van der Waals surface area contributed by atoms with E-state index >= 15 is 0 Å². The highest BCUT2D eigenvalue weighted by Gasteiger charge is 2.34. The molecule has 6 N–H and O–H groups in total. The van der Waals surface area contributed by atoms with Crippen molar-refractivity contribution in [2.75, 3.05) is 19.6 Å². The largest absolute Gasteiger partial charge is 0.352 e. The number of hydrogen-bond donors (Lipinski definition) is 5. The number of carbonyl (C=O) groups excluding carboxylic acids is 7. The predicted molar refractivity (Wildman–Crippen MR) is 141 cm³/mol. The molecule has 2 aliphatic rings. The molecule has 0 aromatic heterocycles. The molecule has 2 atom stereocenters. The van der Waals surface area contributed by atoms with E-state index in [4.69, 9.17) is 13.6 Å². The highest BCUT2D eigenvalue weighted by molar-refractivity contribution is 6.58. The quantitative estimate of drug-likeness (QED) is 0.101. The van der Waals surface area contributed by atoms with Crippen LogP contribution in [0.4, 0.5) is 4.79 Å². The third kappa shape index (κ3) is 10.2. The van der Waals surface area contributed by atoms with Gasteiger partial charge >= 0.3 is 6.03 Å². The van der Waals surface area contributed by atoms with E-state index in [1.165, 1.54) is 17.1 Å². The summed E-state index contributed by atoms with van der Waals surface area (Å²) in [6.07, 6.45) is 5.38. The Morgan fingerprint density at radius 1 is 0.974 bits per heavy atom. The van der Waals surface area contributed by atoms with Gasteiger partial charge in [0.1, 0.15) is 12.1 Å². The van der Waals surface area contributed by atoms with Crippen molar-refractivity contribution in [1.82, 2.24) is 26.2 Å². The van der Waals surface area contributed by atoms with Gasteiger partial charge in [-0.2, -0.15) is 0 Å². The van der Waals surface area contributed by atoms with E-state index in [9.17, 15) is 33.6 Å². The first-order valence-electron chi connectivity index (χ1n) is 13.1. The molecule has 0 saturated heterocycles. The molecule has 7 amide bonds. The lowest BCUT2D eigenvalue weighted by atomic mass is 9.81. The lowest BCUT2D eigenvalue weighted by Crippen LogP contribution is -2.56. The lowest BCUT2D eigenvalue weighted by molar-refractivity contribution is -0.138. The van der Waals surface area contributed by atoms with Crippen LogP contribution in [0.3, 0.4) is 0 Å². The van der Waals surface area contributed by atoms with Crippen LogP contribution in [0.25, 0.3) is 0 Å². The molecule has 0 spiro atoms. The average molecular weight is 544 g/mol. The fourth-order valence-corrected chi connectivity index (χ4v) is 4.63. The topological polar surface area (TPSA) is 197 Å². The van der Waals surface area contributed by atoms with E-state index in [0.29, 0.717) is 38.6 Å². The van der Waals surface area contributed by atoms with Crippen LogP contribution in [-0.2, 0) is 28.8 Å². The van der Waals surface area contributed by atoms with Crippen LogP contribution >= 0.6 is 0 Å². The molecule has 1 heterocycles. The Kier molecular flexibility index (Phi) is 12.1. The minimum absolute atomic E-state index is 0.106. The summed E-state index contributed by atoms with van der Waals surface area (Å²) < 4.78 is 0. The summed E-state index contributed by atoms with van der Waals surface area (Å²) in [5.41, 5.74) is 4.30. The molecule has 1 unspecified atom stereocenters. The van der Waals surface area contributed by atoms with E-state index < -0.39 is 42.2 Å². The van der Waals surface area contributed by atoms with Crippen LogP contribution in [0.5, 0.6) is 0 Å². The third-order valence-electron chi connectivity index (χ3n) is 6.84. The van der Waals surface area contributed by atoms with Gasteiger partial charge < -0.3 is 31.8 Å². The number of hydrogen-bond acceptors (Lipinski definition) is 7. The second-order valence-corrected chi connectivity index (χ2v) is 10.2. The molecule has 0 aromatic rings. The van der Waals surface area contributed by atoms with E-state index in [2.05, 4.69) is 21.3 Å². The minimum atomic E-state index is -1.04. The zero-order valence-electron chi connectivity index (χ0n) is 22.4. The van der Waals surface area contributed by atoms with E-state index in [1.54, 1.807) is 13.8 Å². The SMILES string of the molecule is [B]C(=O)CNC(=O)[C@H](CCCNC(N)=O)NC(=O)C(NC(=O)C1CCC(CN2C(=O)C=CC2=O)CC1)C(C)C. The van der Waals surface area contributed by atoms with Gasteiger partial charge in [0.25, 0.3) is 11.8 Å². The monoisotopic (exact) mass is 544 g/mol. The van der Waals surface area contributed by atoms with Crippen molar-refractivity contribution in [1.29, 1.82) is 0 Å². The van der Waals surface area contributed by atoms with Crippen LogP contribution in [0, 0.1) is 17.8 Å². The molecule has 1 saturated carbocycles. The van der Waals surface area contributed by atoms with Gasteiger partial charge in [-0.05, 0) is 50.4 Å². The summed E-state index contributed by atoms with van der Waals surface area (Å²) in [6.45, 7) is 3.62. The average Bonchev–Trinajstić information content (AvgIpc) is 3.19. The fraction of sp³-hybridized carbons (Fsp3) is 0.640. The van der Waals surface area contributed by atoms with Crippen molar-refractivity contribution < 1.29 is 33.6 Å². The van der Waals surface area contributed by atoms with E-state index in [-0.39, 0.29) is 48.4 Å². The number of urea groups is 1. The minimum Gasteiger partial charge on any atom is -0.352 e. The molecule has 2 radical (unpaired) electrons. The molecule has 1 aliphatic heterocycles. The van der Waals surface area contributed by atoms with Gasteiger partial charge in [0.05, 0.1) is 12.2 Å². The first-order valence-corrected chi connectivity index (χ1v) is 13.1. The highest BCUT2D eigenvalue weighted by Crippen LogP contribution is 2.30. The zero-order chi connectivity index (χ0) is 29.1. The Labute approximate surface area is 228 Å². The molecule has 212 valence electrons. The van der Waals surface area contributed by atoms with Crippen LogP contribution in [0.15, 0.2) is 12.2 Å². The summed E-state index contributed by atoms with van der Waals surface area (Å²) in [5.74, 6) is -2.63. The van der Waals surface area contributed by atoms with Crippen molar-refractivity contribution in [3.63, 3.8) is 0 Å². The first-order chi connectivity index (χ1) is 18.4. The molecule has 13 nitrogen and oxygen atoms in total. The molecule has 0 aromatic carbocycles. The number of primary amides is 1. The smallest absolute Gasteiger partial charge is 0.312 e. The normalized spacial score (nSPS) is 20.3. The Morgan fingerprint density at radius 3 is 2.13 bits per heavy atom. The van der Waals surface area contributed by atoms with Crippen LogP contribution in [0.2, 0.25) is 0 Å². The molecule has 2 rings (SSSR count). The second kappa shape index (κ2) is 15.0. The van der Waals surface area contributed by atoms with Gasteiger partial charge in [-0.1, -0.05) is 13.8 Å². The summed E-state index contributed by atoms with van der Waals surface area (Å²) in [4.78, 5) is 85.6. The fourth-order valence-electron chi connectivity index (χ4n) is 4.63. The number of nitrogens with two attached hydrogens (primary N) is 1. The van der Waals surface area contributed by atoms with Gasteiger partial charge in [0.15, 0.2) is 7.85 Å². The van der Waals surface area contributed by atoms with Gasteiger partial charge in [0, 0.05) is 31.2 Å². The lowest BCUT2D eigenvalue weighted by Gasteiger charge is -2.31. The molecule has 39 heavy (non-hydrogen) atoms. The summed E-state index contributed by atoms with van der Waals surface area (Å²) in [5, 5.41) is 10.2. The van der Waals surface area contributed by atoms with Crippen LogP contribution in [0.1, 0.15) is 52.4 Å². The van der Waals surface area contributed by atoms with Crippen molar-refractivity contribution in [3.05, 3.63) is 12.2 Å². The van der Waals surface area contributed by atoms with Crippen molar-refractivity contribution >= 4 is 49.1 Å². The Bertz CT molecular complexity index is 975. The molecular weight excluding hydrogens is 507 g/mol. The number of carbonyl (C=O) groups is 7. The Hall–Kier alpha value is -3.71. The van der Waals surface area contributed by atoms with Crippen molar-refractivity contribution in [3.8, 4) is 0 Å². The number of nitrogens with one attached hydrogen (secondary N) is 4. The maximum Gasteiger partial charge on any atom is 0.312 e. The molecule has 0 bridgehead atoms. The number of nitrogens with zero attached hydrogens (tertiary/aromatic N) is 1. The van der Waals surface area contributed by atoms with Gasteiger partial charge in [0.2, 0.25) is 17.7 Å². The van der Waals surface area contributed by atoms with Crippen molar-refractivity contribution in [2.24, 2.45) is 23.5 Å². The molecule has 14 heteroatoms. The van der Waals surface area contributed by atoms with Gasteiger partial charge in [-0.25, -0.2) is 4.79 Å². The molecular formula is C25H37BN6O7. The predicted octanol–water partition coefficient (Wildman–Crippen LogP) is -1.40. The Morgan fingerprint density at radius 2 is 1.59 bits per heavy atom. The Balaban J connectivity index is 1.93. The standard InChI is InChI=1S/C25H37BN6O7/c1-14(2)21(24(38)30-17(4-3-11-28-25(27)39)23(37)29-12-18(26)33)31-22(36)16-7-5-15(6-8-16)13-32-19(34)9-10-20(32)35/h9-10,14-17,21H,3-8,11-13H2,1-2H3,(H,29,37)(H,30,38)(H,31,36)(H3,27,28,39)/t15?,16?,17-,21?/m0/s1. The first kappa shape index (κ1) is 31.5. The summed E-state index contributed by atoms with van der Waals surface area (Å²) in [7, 11) is 5.09. The second-order valence-electron chi connectivity index (χ2n) is 10.2. The summed E-state index contributed by atoms with van der Waals surface area (Å²) in [6, 6.07) is -2.68. The maximum absolute atomic E-state index is 13.1. The third-order valence-corrected chi connectivity index (χ3v) is 6.84. The van der Waals surface area contributed by atoms with Gasteiger partial charge in [-0.3, -0.25) is 28.9 Å². The zero-order valence-corrected chi connectivity index (χ0v) is 22.4. The highest BCUT2D eigenvalue weighted by atomic mass is 16.2. The van der Waals surface area contributed by atoms with Crippen LogP contribution < -0.4 is 27.0 Å². The van der Waals surface area contributed by atoms with E-state index in [1.807, 2.05) is 0 Å². The number of rotatable bonds is 14. The van der Waals surface area contributed by atoms with Crippen LogP contribution in [-0.4, -0.2) is 85.7 Å². The number of imide groups is 1. The maximum atomic E-state index is 13.1. The molecule has 1 fully saturated rings. The summed E-state index contributed by atoms with van der Waals surface area (Å²) >= 11 is 0.